The second kappa shape index (κ2) is 7.38. The third kappa shape index (κ3) is 3.05. The van der Waals surface area contributed by atoms with E-state index in [1.807, 2.05) is 36.4 Å². The SMILES string of the molecule is COC(=O)c1sc(/N=C/c2c(OC)ccc3ccccc23)c(C#N)c1C. The van der Waals surface area contributed by atoms with Gasteiger partial charge in [-0.15, -0.1) is 11.3 Å². The highest BCUT2D eigenvalue weighted by molar-refractivity contribution is 7.18. The van der Waals surface area contributed by atoms with Crippen molar-refractivity contribution >= 4 is 39.3 Å². The Bertz CT molecular complexity index is 1060. The van der Waals surface area contributed by atoms with Gasteiger partial charge in [0.1, 0.15) is 21.7 Å². The van der Waals surface area contributed by atoms with Crippen molar-refractivity contribution < 1.29 is 14.3 Å². The van der Waals surface area contributed by atoms with Crippen molar-refractivity contribution in [3.8, 4) is 11.8 Å². The van der Waals surface area contributed by atoms with Gasteiger partial charge in [0.15, 0.2) is 0 Å². The van der Waals surface area contributed by atoms with E-state index in [4.69, 9.17) is 9.47 Å². The van der Waals surface area contributed by atoms with Crippen LogP contribution in [0.1, 0.15) is 26.4 Å². The van der Waals surface area contributed by atoms with E-state index in [0.717, 1.165) is 27.7 Å². The number of benzene rings is 2. The normalized spacial score (nSPS) is 10.8. The summed E-state index contributed by atoms with van der Waals surface area (Å²) in [5, 5.41) is 12.0. The average molecular weight is 364 g/mol. The lowest BCUT2D eigenvalue weighted by atomic mass is 10.0. The van der Waals surface area contributed by atoms with Gasteiger partial charge in [-0.25, -0.2) is 9.79 Å². The molecule has 130 valence electrons. The number of ether oxygens (including phenoxy) is 2. The van der Waals surface area contributed by atoms with Gasteiger partial charge < -0.3 is 9.47 Å². The summed E-state index contributed by atoms with van der Waals surface area (Å²) < 4.78 is 10.2. The summed E-state index contributed by atoms with van der Waals surface area (Å²) in [5.74, 6) is 0.223. The highest BCUT2D eigenvalue weighted by Crippen LogP contribution is 2.36. The van der Waals surface area contributed by atoms with Gasteiger partial charge in [-0.2, -0.15) is 5.26 Å². The Morgan fingerprint density at radius 1 is 1.23 bits per heavy atom. The number of nitrogens with zero attached hydrogens (tertiary/aromatic N) is 2. The van der Waals surface area contributed by atoms with Crippen LogP contribution in [0.4, 0.5) is 5.00 Å². The second-order valence-corrected chi connectivity index (χ2v) is 6.50. The van der Waals surface area contributed by atoms with Crippen LogP contribution in [0, 0.1) is 18.3 Å². The maximum Gasteiger partial charge on any atom is 0.348 e. The van der Waals surface area contributed by atoms with Gasteiger partial charge >= 0.3 is 5.97 Å². The number of nitriles is 1. The number of carbonyl (C=O) groups is 1. The van der Waals surface area contributed by atoms with Crippen molar-refractivity contribution in [3.63, 3.8) is 0 Å². The molecule has 6 heteroatoms. The molecule has 0 atom stereocenters. The summed E-state index contributed by atoms with van der Waals surface area (Å²) in [6, 6.07) is 13.9. The van der Waals surface area contributed by atoms with E-state index in [0.29, 0.717) is 26.8 Å². The Balaban J connectivity index is 2.13. The highest BCUT2D eigenvalue weighted by Gasteiger charge is 2.20. The number of methoxy groups -OCH3 is 2. The molecule has 0 fully saturated rings. The first-order chi connectivity index (χ1) is 12.6. The molecule has 3 aromatic rings. The fourth-order valence-electron chi connectivity index (χ4n) is 2.72. The lowest BCUT2D eigenvalue weighted by Crippen LogP contribution is -1.99. The first-order valence-electron chi connectivity index (χ1n) is 7.82. The van der Waals surface area contributed by atoms with E-state index >= 15 is 0 Å². The smallest absolute Gasteiger partial charge is 0.348 e. The van der Waals surface area contributed by atoms with Crippen LogP contribution in [-0.2, 0) is 4.74 Å². The fraction of sp³-hybridized carbons (Fsp3) is 0.150. The largest absolute Gasteiger partial charge is 0.496 e. The molecular formula is C20H16N2O3S. The quantitative estimate of drug-likeness (QED) is 0.500. The van der Waals surface area contributed by atoms with Gasteiger partial charge in [0, 0.05) is 11.8 Å². The number of fused-ring (bicyclic) bond motifs is 1. The average Bonchev–Trinajstić information content (AvgIpc) is 3.00. The van der Waals surface area contributed by atoms with E-state index in [1.165, 1.54) is 7.11 Å². The predicted octanol–water partition coefficient (Wildman–Crippen LogP) is 4.63. The zero-order chi connectivity index (χ0) is 18.7. The number of rotatable bonds is 4. The van der Waals surface area contributed by atoms with E-state index < -0.39 is 5.97 Å². The minimum Gasteiger partial charge on any atom is -0.496 e. The van der Waals surface area contributed by atoms with Crippen LogP contribution < -0.4 is 4.74 Å². The molecule has 5 nitrogen and oxygen atoms in total. The first kappa shape index (κ1) is 17.6. The topological polar surface area (TPSA) is 71.7 Å². The summed E-state index contributed by atoms with van der Waals surface area (Å²) in [5.41, 5.74) is 1.78. The maximum atomic E-state index is 11.9. The molecule has 0 saturated heterocycles. The molecule has 1 aromatic heterocycles. The molecule has 0 amide bonds. The van der Waals surface area contributed by atoms with Crippen LogP contribution in [0.2, 0.25) is 0 Å². The number of thiophene rings is 1. The van der Waals surface area contributed by atoms with Crippen LogP contribution >= 0.6 is 11.3 Å². The van der Waals surface area contributed by atoms with E-state index in [2.05, 4.69) is 11.1 Å². The third-order valence-electron chi connectivity index (χ3n) is 4.07. The summed E-state index contributed by atoms with van der Waals surface area (Å²) in [6.07, 6.45) is 1.67. The number of esters is 1. The molecule has 26 heavy (non-hydrogen) atoms. The van der Waals surface area contributed by atoms with Crippen molar-refractivity contribution in [1.29, 1.82) is 5.26 Å². The minimum absolute atomic E-state index is 0.380. The minimum atomic E-state index is -0.465. The number of hydrogen-bond acceptors (Lipinski definition) is 6. The molecule has 0 spiro atoms. The molecular weight excluding hydrogens is 348 g/mol. The molecule has 0 saturated carbocycles. The summed E-state index contributed by atoms with van der Waals surface area (Å²) in [6.45, 7) is 1.72. The van der Waals surface area contributed by atoms with E-state index in [-0.39, 0.29) is 0 Å². The predicted molar refractivity (Wildman–Crippen MR) is 103 cm³/mol. The van der Waals surface area contributed by atoms with Crippen molar-refractivity contribution in [2.75, 3.05) is 14.2 Å². The Labute approximate surface area is 155 Å². The van der Waals surface area contributed by atoms with Gasteiger partial charge in [0.05, 0.1) is 19.8 Å². The van der Waals surface area contributed by atoms with Crippen LogP contribution in [0.3, 0.4) is 0 Å². The fourth-order valence-corrected chi connectivity index (χ4v) is 3.74. The van der Waals surface area contributed by atoms with Crippen LogP contribution in [-0.4, -0.2) is 26.4 Å². The maximum absolute atomic E-state index is 11.9. The molecule has 2 aromatic carbocycles. The van der Waals surface area contributed by atoms with Gasteiger partial charge in [-0.1, -0.05) is 30.3 Å². The molecule has 0 aliphatic heterocycles. The summed E-state index contributed by atoms with van der Waals surface area (Å²) in [7, 11) is 2.92. The number of aliphatic imine (C=N–C) groups is 1. The Hall–Kier alpha value is -3.17. The third-order valence-corrected chi connectivity index (χ3v) is 5.25. The molecule has 0 aliphatic rings. The van der Waals surface area contributed by atoms with Gasteiger partial charge in [0.2, 0.25) is 0 Å². The lowest BCUT2D eigenvalue weighted by Gasteiger charge is -2.08. The molecule has 3 rings (SSSR count). The second-order valence-electron chi connectivity index (χ2n) is 5.50. The van der Waals surface area contributed by atoms with Gasteiger partial charge in [0.25, 0.3) is 0 Å². The number of carbonyl (C=O) groups excluding carboxylic acids is 1. The molecule has 0 N–H and O–H groups in total. The number of hydrogen-bond donors (Lipinski definition) is 0. The first-order valence-corrected chi connectivity index (χ1v) is 8.64. The molecule has 0 bridgehead atoms. The van der Waals surface area contributed by atoms with E-state index in [1.54, 1.807) is 20.2 Å². The molecule has 0 unspecified atom stereocenters. The molecule has 0 aliphatic carbocycles. The molecule has 1 heterocycles. The van der Waals surface area contributed by atoms with Crippen molar-refractivity contribution in [1.82, 2.24) is 0 Å². The zero-order valence-electron chi connectivity index (χ0n) is 14.6. The van der Waals surface area contributed by atoms with E-state index in [9.17, 15) is 10.1 Å². The van der Waals surface area contributed by atoms with Crippen LogP contribution in [0.25, 0.3) is 10.8 Å². The Kier molecular flexibility index (Phi) is 5.01. The zero-order valence-corrected chi connectivity index (χ0v) is 15.4. The summed E-state index contributed by atoms with van der Waals surface area (Å²) >= 11 is 1.15. The van der Waals surface area contributed by atoms with Gasteiger partial charge in [-0.05, 0) is 29.3 Å². The van der Waals surface area contributed by atoms with Crippen molar-refractivity contribution in [2.45, 2.75) is 6.92 Å². The lowest BCUT2D eigenvalue weighted by molar-refractivity contribution is 0.0605. The monoisotopic (exact) mass is 364 g/mol. The standard InChI is InChI=1S/C20H16N2O3S/c1-12-15(10-21)19(26-18(12)20(23)25-3)22-11-16-14-7-5-4-6-13(14)8-9-17(16)24-2/h4-9,11H,1-3H3/b22-11+. The van der Waals surface area contributed by atoms with Crippen molar-refractivity contribution in [3.05, 3.63) is 58.0 Å². The van der Waals surface area contributed by atoms with Crippen molar-refractivity contribution in [2.24, 2.45) is 4.99 Å². The highest BCUT2D eigenvalue weighted by atomic mass is 32.1. The Morgan fingerprint density at radius 3 is 2.69 bits per heavy atom. The van der Waals surface area contributed by atoms with Crippen LogP contribution in [0.5, 0.6) is 5.75 Å². The van der Waals surface area contributed by atoms with Crippen LogP contribution in [0.15, 0.2) is 41.4 Å². The van der Waals surface area contributed by atoms with Gasteiger partial charge in [-0.3, -0.25) is 0 Å². The Morgan fingerprint density at radius 2 is 2.00 bits per heavy atom. The summed E-state index contributed by atoms with van der Waals surface area (Å²) in [4.78, 5) is 16.7. The molecule has 0 radical (unpaired) electrons.